The van der Waals surface area contributed by atoms with Crippen LogP contribution >= 0.6 is 0 Å². The lowest BCUT2D eigenvalue weighted by Crippen LogP contribution is -2.47. The zero-order valence-electron chi connectivity index (χ0n) is 31.1. The van der Waals surface area contributed by atoms with Gasteiger partial charge in [-0.25, -0.2) is 9.78 Å². The Morgan fingerprint density at radius 3 is 2.30 bits per heavy atom. The Bertz CT molecular complexity index is 1910. The second kappa shape index (κ2) is 17.2. The van der Waals surface area contributed by atoms with Crippen molar-refractivity contribution in [3.05, 3.63) is 113 Å². The lowest BCUT2D eigenvalue weighted by Gasteiger charge is -2.35. The first kappa shape index (κ1) is 38.5. The molecule has 0 saturated heterocycles. The van der Waals surface area contributed by atoms with E-state index in [-0.39, 0.29) is 37.3 Å². The van der Waals surface area contributed by atoms with Crippen LogP contribution in [-0.4, -0.2) is 63.6 Å². The summed E-state index contributed by atoms with van der Waals surface area (Å²) in [5, 5.41) is 2.54. The van der Waals surface area contributed by atoms with Gasteiger partial charge in [0.15, 0.2) is 0 Å². The molecule has 4 aromatic rings. The van der Waals surface area contributed by atoms with Crippen LogP contribution in [-0.2, 0) is 32.0 Å². The second-order valence-corrected chi connectivity index (χ2v) is 13.9. The minimum Gasteiger partial charge on any atom is -0.478 e. The first-order valence-electron chi connectivity index (χ1n) is 17.8. The number of hydrogen-bond donors (Lipinski definition) is 1. The zero-order chi connectivity index (χ0) is 38.1. The van der Waals surface area contributed by atoms with E-state index >= 15 is 0 Å². The average Bonchev–Trinajstić information content (AvgIpc) is 3.18. The summed E-state index contributed by atoms with van der Waals surface area (Å²) in [6.45, 7) is 11.3. The molecule has 5 rings (SSSR count). The SMILES string of the molecule is CCOC(=O)CC(C)N1C(=O)c2cc(CCCOc3cc(C)nc(NC(=O)OC(C)(C)C)n3)ccc2N(Cc2ccccc2)C(=O)C1c1ccccc1. The number of nitrogens with zero attached hydrogens (tertiary/aromatic N) is 4. The number of rotatable bonds is 13. The molecular formula is C41H47N5O7. The Morgan fingerprint density at radius 1 is 0.925 bits per heavy atom. The Hall–Kier alpha value is -5.78. The summed E-state index contributed by atoms with van der Waals surface area (Å²) >= 11 is 0. The lowest BCUT2D eigenvalue weighted by molar-refractivity contribution is -0.144. The molecule has 0 aliphatic carbocycles. The van der Waals surface area contributed by atoms with Gasteiger partial charge in [0, 0.05) is 17.8 Å². The van der Waals surface area contributed by atoms with Gasteiger partial charge in [-0.2, -0.15) is 4.98 Å². The number of hydrogen-bond acceptors (Lipinski definition) is 9. The highest BCUT2D eigenvalue weighted by molar-refractivity contribution is 6.11. The van der Waals surface area contributed by atoms with Gasteiger partial charge in [-0.3, -0.25) is 19.7 Å². The van der Waals surface area contributed by atoms with Gasteiger partial charge >= 0.3 is 12.1 Å². The maximum atomic E-state index is 14.7. The average molecular weight is 722 g/mol. The molecule has 0 spiro atoms. The first-order chi connectivity index (χ1) is 25.3. The van der Waals surface area contributed by atoms with Crippen LogP contribution in [0, 0.1) is 6.92 Å². The van der Waals surface area contributed by atoms with Gasteiger partial charge in [-0.15, -0.1) is 0 Å². The number of nitrogens with one attached hydrogen (secondary N) is 1. The Labute approximate surface area is 310 Å². The first-order valence-corrected chi connectivity index (χ1v) is 17.8. The number of esters is 1. The number of aryl methyl sites for hydroxylation is 2. The summed E-state index contributed by atoms with van der Waals surface area (Å²) in [6, 6.07) is 24.5. The highest BCUT2D eigenvalue weighted by Gasteiger charge is 2.43. The molecule has 3 aromatic carbocycles. The smallest absolute Gasteiger partial charge is 0.414 e. The van der Waals surface area contributed by atoms with Crippen LogP contribution in [0.3, 0.4) is 0 Å². The number of fused-ring (bicyclic) bond motifs is 1. The lowest BCUT2D eigenvalue weighted by atomic mass is 10.00. The van der Waals surface area contributed by atoms with Gasteiger partial charge in [0.05, 0.1) is 37.4 Å². The number of anilines is 2. The summed E-state index contributed by atoms with van der Waals surface area (Å²) in [4.78, 5) is 66.2. The number of amides is 3. The number of ether oxygens (including phenoxy) is 3. The van der Waals surface area contributed by atoms with E-state index < -0.39 is 29.7 Å². The van der Waals surface area contributed by atoms with Gasteiger partial charge in [-0.1, -0.05) is 66.7 Å². The Kier molecular flexibility index (Phi) is 12.4. The maximum absolute atomic E-state index is 14.7. The molecule has 0 bridgehead atoms. The van der Waals surface area contributed by atoms with Gasteiger partial charge in [0.25, 0.3) is 11.8 Å². The minimum absolute atomic E-state index is 0.0707. The molecular weight excluding hydrogens is 674 g/mol. The molecule has 2 unspecified atom stereocenters. The van der Waals surface area contributed by atoms with Crippen LogP contribution < -0.4 is 15.0 Å². The van der Waals surface area contributed by atoms with Crippen molar-refractivity contribution in [2.75, 3.05) is 23.4 Å². The second-order valence-electron chi connectivity index (χ2n) is 13.9. The van der Waals surface area contributed by atoms with Gasteiger partial charge < -0.3 is 24.0 Å². The number of carbonyl (C=O) groups is 4. The predicted molar refractivity (Wildman–Crippen MR) is 201 cm³/mol. The fourth-order valence-corrected chi connectivity index (χ4v) is 6.19. The van der Waals surface area contributed by atoms with E-state index in [0.29, 0.717) is 47.8 Å². The Balaban J connectivity index is 1.41. The maximum Gasteiger partial charge on any atom is 0.414 e. The van der Waals surface area contributed by atoms with Crippen molar-refractivity contribution in [3.63, 3.8) is 0 Å². The van der Waals surface area contributed by atoms with Gasteiger partial charge in [-0.05, 0) is 83.2 Å². The highest BCUT2D eigenvalue weighted by Crippen LogP contribution is 2.38. The third-order valence-corrected chi connectivity index (χ3v) is 8.44. The molecule has 0 fully saturated rings. The van der Waals surface area contributed by atoms with Crippen molar-refractivity contribution in [2.24, 2.45) is 0 Å². The summed E-state index contributed by atoms with van der Waals surface area (Å²) in [5.41, 5.74) is 3.22. The van der Waals surface area contributed by atoms with Gasteiger partial charge in [0.1, 0.15) is 11.6 Å². The molecule has 0 radical (unpaired) electrons. The van der Waals surface area contributed by atoms with E-state index in [2.05, 4.69) is 15.3 Å². The van der Waals surface area contributed by atoms with Crippen molar-refractivity contribution in [1.82, 2.24) is 14.9 Å². The summed E-state index contributed by atoms with van der Waals surface area (Å²) in [6.07, 6.45) is 0.395. The molecule has 1 aliphatic rings. The largest absolute Gasteiger partial charge is 0.478 e. The predicted octanol–water partition coefficient (Wildman–Crippen LogP) is 7.22. The van der Waals surface area contributed by atoms with Crippen molar-refractivity contribution in [3.8, 4) is 5.88 Å². The van der Waals surface area contributed by atoms with Crippen molar-refractivity contribution in [2.45, 2.75) is 85.0 Å². The number of benzene rings is 3. The fourth-order valence-electron chi connectivity index (χ4n) is 6.19. The minimum atomic E-state index is -0.980. The molecule has 3 amide bonds. The molecule has 2 heterocycles. The topological polar surface area (TPSA) is 140 Å². The fraction of sp³-hybridized carbons (Fsp3) is 0.366. The molecule has 12 nitrogen and oxygen atoms in total. The summed E-state index contributed by atoms with van der Waals surface area (Å²) < 4.78 is 16.5. The van der Waals surface area contributed by atoms with E-state index in [4.69, 9.17) is 14.2 Å². The van der Waals surface area contributed by atoms with E-state index in [1.807, 2.05) is 78.9 Å². The van der Waals surface area contributed by atoms with E-state index in [1.165, 1.54) is 4.90 Å². The zero-order valence-corrected chi connectivity index (χ0v) is 31.1. The van der Waals surface area contributed by atoms with E-state index in [0.717, 1.165) is 11.1 Å². The Morgan fingerprint density at radius 2 is 1.62 bits per heavy atom. The van der Waals surface area contributed by atoms with Crippen LogP contribution in [0.4, 0.5) is 16.4 Å². The van der Waals surface area contributed by atoms with Crippen LogP contribution in [0.2, 0.25) is 0 Å². The van der Waals surface area contributed by atoms with Crippen LogP contribution in [0.1, 0.15) is 86.2 Å². The standard InChI is InChI=1S/C41H47N5O7/c1-7-51-35(47)24-28(3)46-36(31-18-12-9-13-19-31)38(49)45(26-30-15-10-8-11-16-30)33-21-20-29(25-32(33)37(46)48)17-14-22-52-34-23-27(2)42-39(43-34)44-40(50)53-41(4,5)6/h8-13,15-16,18-21,23,25,28,36H,7,14,17,22,24,26H2,1-6H3,(H,42,43,44,50). The summed E-state index contributed by atoms with van der Waals surface area (Å²) in [5.74, 6) is -0.700. The normalized spacial score (nSPS) is 14.9. The molecule has 1 aliphatic heterocycles. The summed E-state index contributed by atoms with van der Waals surface area (Å²) in [7, 11) is 0. The van der Waals surface area contributed by atoms with Crippen LogP contribution in [0.25, 0.3) is 0 Å². The molecule has 12 heteroatoms. The molecule has 1 N–H and O–H groups in total. The third-order valence-electron chi connectivity index (χ3n) is 8.44. The molecule has 278 valence electrons. The number of carbonyl (C=O) groups excluding carboxylic acids is 4. The molecule has 0 saturated carbocycles. The third kappa shape index (κ3) is 10.2. The van der Waals surface area contributed by atoms with E-state index in [9.17, 15) is 19.2 Å². The van der Waals surface area contributed by atoms with Crippen LogP contribution in [0.15, 0.2) is 84.9 Å². The van der Waals surface area contributed by atoms with E-state index in [1.54, 1.807) is 52.5 Å². The number of aromatic nitrogens is 2. The van der Waals surface area contributed by atoms with Crippen molar-refractivity contribution < 1.29 is 33.4 Å². The van der Waals surface area contributed by atoms with Crippen molar-refractivity contribution >= 4 is 35.5 Å². The molecule has 2 atom stereocenters. The highest BCUT2D eigenvalue weighted by atomic mass is 16.6. The molecule has 1 aromatic heterocycles. The molecule has 53 heavy (non-hydrogen) atoms. The van der Waals surface area contributed by atoms with Gasteiger partial charge in [0.2, 0.25) is 11.8 Å². The quantitative estimate of drug-likeness (QED) is 0.112. The monoisotopic (exact) mass is 721 g/mol. The van der Waals surface area contributed by atoms with Crippen molar-refractivity contribution in [1.29, 1.82) is 0 Å². The van der Waals surface area contributed by atoms with Crippen LogP contribution in [0.5, 0.6) is 5.88 Å².